The third-order valence-corrected chi connectivity index (χ3v) is 2.26. The van der Waals surface area contributed by atoms with Crippen LogP contribution in [0.15, 0.2) is 0 Å². The fourth-order valence-corrected chi connectivity index (χ4v) is 1.23. The number of ether oxygens (including phenoxy) is 1. The molecule has 0 aromatic heterocycles. The van der Waals surface area contributed by atoms with Crippen molar-refractivity contribution in [3.8, 4) is 0 Å². The van der Waals surface area contributed by atoms with Gasteiger partial charge in [0.15, 0.2) is 0 Å². The first-order valence-corrected chi connectivity index (χ1v) is 4.61. The summed E-state index contributed by atoms with van der Waals surface area (Å²) in [5.41, 5.74) is 3.53. The molecule has 0 heterocycles. The van der Waals surface area contributed by atoms with Crippen molar-refractivity contribution in [2.24, 2.45) is 5.73 Å². The predicted molar refractivity (Wildman–Crippen MR) is 45.9 cm³/mol. The van der Waals surface area contributed by atoms with Crippen LogP contribution in [0, 0.1) is 0 Å². The van der Waals surface area contributed by atoms with E-state index in [-0.39, 0.29) is 26.0 Å². The number of rotatable bonds is 6. The minimum Gasteiger partial charge on any atom is -0.379 e. The monoisotopic (exact) mass is 212 g/mol. The Kier molecular flexibility index (Phi) is 3.74. The molecule has 1 fully saturated rings. The van der Waals surface area contributed by atoms with Crippen LogP contribution in [0.5, 0.6) is 0 Å². The van der Waals surface area contributed by atoms with Crippen LogP contribution in [0.3, 0.4) is 0 Å². The van der Waals surface area contributed by atoms with Gasteiger partial charge < -0.3 is 15.8 Å². The van der Waals surface area contributed by atoms with Gasteiger partial charge in [0.25, 0.3) is 0 Å². The average molecular weight is 212 g/mol. The topological polar surface area (TPSA) is 47.3 Å². The lowest BCUT2D eigenvalue weighted by molar-refractivity contribution is -0.166. The summed E-state index contributed by atoms with van der Waals surface area (Å²) in [7, 11) is 0. The molecule has 0 saturated heterocycles. The molecule has 0 spiro atoms. The molecule has 0 radical (unpaired) electrons. The van der Waals surface area contributed by atoms with Crippen molar-refractivity contribution in [3.63, 3.8) is 0 Å². The molecule has 1 aliphatic rings. The van der Waals surface area contributed by atoms with Crippen LogP contribution in [0.2, 0.25) is 0 Å². The summed E-state index contributed by atoms with van der Waals surface area (Å²) in [4.78, 5) is 0. The highest BCUT2D eigenvalue weighted by Gasteiger charge is 2.62. The molecule has 0 aromatic rings. The maximum atomic E-state index is 12.3. The van der Waals surface area contributed by atoms with E-state index in [1.165, 1.54) is 0 Å². The summed E-state index contributed by atoms with van der Waals surface area (Å²) < 4.78 is 42.0. The first-order valence-electron chi connectivity index (χ1n) is 4.61. The zero-order chi connectivity index (χ0) is 10.7. The first-order chi connectivity index (χ1) is 6.52. The normalized spacial score (nSPS) is 19.7. The molecular weight excluding hydrogens is 197 g/mol. The van der Waals surface area contributed by atoms with Crippen LogP contribution in [-0.4, -0.2) is 38.0 Å². The van der Waals surface area contributed by atoms with E-state index in [2.05, 4.69) is 5.32 Å². The number of halogens is 3. The van der Waals surface area contributed by atoms with E-state index in [0.29, 0.717) is 13.2 Å². The van der Waals surface area contributed by atoms with E-state index in [9.17, 15) is 13.2 Å². The first kappa shape index (κ1) is 11.7. The number of hydrogen-bond donors (Lipinski definition) is 2. The highest BCUT2D eigenvalue weighted by Crippen LogP contribution is 2.48. The highest BCUT2D eigenvalue weighted by molar-refractivity contribution is 5.07. The Morgan fingerprint density at radius 2 is 1.93 bits per heavy atom. The van der Waals surface area contributed by atoms with Gasteiger partial charge in [0.1, 0.15) is 5.54 Å². The smallest absolute Gasteiger partial charge is 0.379 e. The lowest BCUT2D eigenvalue weighted by Gasteiger charge is -2.20. The Hall–Kier alpha value is -0.330. The quantitative estimate of drug-likeness (QED) is 0.635. The van der Waals surface area contributed by atoms with Gasteiger partial charge in [-0.1, -0.05) is 0 Å². The van der Waals surface area contributed by atoms with Gasteiger partial charge in [-0.15, -0.1) is 0 Å². The second-order valence-corrected chi connectivity index (χ2v) is 3.41. The van der Waals surface area contributed by atoms with Crippen LogP contribution in [0.1, 0.15) is 12.8 Å². The molecule has 0 atom stereocenters. The SMILES string of the molecule is NCCOCCNC1(C(F)(F)F)CC1. The standard InChI is InChI=1S/C8H15F3N2O/c9-8(10,11)7(1-2-7)13-4-6-14-5-3-12/h13H,1-6,12H2. The van der Waals surface area contributed by atoms with Crippen LogP contribution in [0.25, 0.3) is 0 Å². The molecule has 1 saturated carbocycles. The maximum absolute atomic E-state index is 12.3. The molecule has 6 heteroatoms. The Morgan fingerprint density at radius 1 is 1.29 bits per heavy atom. The van der Waals surface area contributed by atoms with Crippen molar-refractivity contribution < 1.29 is 17.9 Å². The number of alkyl halides is 3. The lowest BCUT2D eigenvalue weighted by Crippen LogP contribution is -2.46. The molecule has 0 aromatic carbocycles. The molecule has 84 valence electrons. The second kappa shape index (κ2) is 4.46. The molecule has 3 nitrogen and oxygen atoms in total. The Labute approximate surface area is 80.8 Å². The Bertz CT molecular complexity index is 180. The number of nitrogens with one attached hydrogen (secondary N) is 1. The van der Waals surface area contributed by atoms with E-state index in [0.717, 1.165) is 0 Å². The van der Waals surface area contributed by atoms with Crippen molar-refractivity contribution in [2.75, 3.05) is 26.3 Å². The molecule has 0 unspecified atom stereocenters. The molecule has 0 bridgehead atoms. The minimum atomic E-state index is -4.14. The van der Waals surface area contributed by atoms with Crippen molar-refractivity contribution >= 4 is 0 Å². The van der Waals surface area contributed by atoms with Gasteiger partial charge in [-0.3, -0.25) is 0 Å². The minimum absolute atomic E-state index is 0.174. The van der Waals surface area contributed by atoms with Crippen LogP contribution < -0.4 is 11.1 Å². The number of hydrogen-bond acceptors (Lipinski definition) is 3. The van der Waals surface area contributed by atoms with Gasteiger partial charge in [0.2, 0.25) is 0 Å². The molecule has 3 N–H and O–H groups in total. The molecule has 14 heavy (non-hydrogen) atoms. The lowest BCUT2D eigenvalue weighted by atomic mass is 10.2. The van der Waals surface area contributed by atoms with Crippen LogP contribution in [0.4, 0.5) is 13.2 Å². The van der Waals surface area contributed by atoms with E-state index in [1.54, 1.807) is 0 Å². The summed E-state index contributed by atoms with van der Waals surface area (Å²) in [5.74, 6) is 0. The van der Waals surface area contributed by atoms with Gasteiger partial charge >= 0.3 is 6.18 Å². The summed E-state index contributed by atoms with van der Waals surface area (Å²) in [5, 5.41) is 2.48. The molecule has 1 rings (SSSR count). The van der Waals surface area contributed by atoms with E-state index >= 15 is 0 Å². The van der Waals surface area contributed by atoms with Crippen molar-refractivity contribution in [3.05, 3.63) is 0 Å². The van der Waals surface area contributed by atoms with E-state index in [4.69, 9.17) is 10.5 Å². The van der Waals surface area contributed by atoms with Gasteiger partial charge in [0, 0.05) is 13.1 Å². The van der Waals surface area contributed by atoms with Crippen molar-refractivity contribution in [1.29, 1.82) is 0 Å². The van der Waals surface area contributed by atoms with Crippen LogP contribution in [-0.2, 0) is 4.74 Å². The second-order valence-electron chi connectivity index (χ2n) is 3.41. The Morgan fingerprint density at radius 3 is 2.36 bits per heavy atom. The summed E-state index contributed by atoms with van der Waals surface area (Å²) >= 11 is 0. The van der Waals surface area contributed by atoms with E-state index in [1.807, 2.05) is 0 Å². The highest BCUT2D eigenvalue weighted by atomic mass is 19.4. The fourth-order valence-electron chi connectivity index (χ4n) is 1.23. The zero-order valence-electron chi connectivity index (χ0n) is 7.86. The third kappa shape index (κ3) is 2.83. The van der Waals surface area contributed by atoms with E-state index < -0.39 is 11.7 Å². The zero-order valence-corrected chi connectivity index (χ0v) is 7.86. The molecule has 1 aliphatic carbocycles. The summed E-state index contributed by atoms with van der Waals surface area (Å²) in [6.45, 7) is 1.28. The molecular formula is C8H15F3N2O. The van der Waals surface area contributed by atoms with Gasteiger partial charge in [-0.05, 0) is 12.8 Å². The summed E-state index contributed by atoms with van der Waals surface area (Å²) in [6, 6.07) is 0. The van der Waals surface area contributed by atoms with Gasteiger partial charge in [-0.25, -0.2) is 0 Å². The number of nitrogens with two attached hydrogens (primary N) is 1. The molecule has 0 aliphatic heterocycles. The van der Waals surface area contributed by atoms with Crippen LogP contribution >= 0.6 is 0 Å². The summed E-state index contributed by atoms with van der Waals surface area (Å²) in [6.07, 6.45) is -3.79. The van der Waals surface area contributed by atoms with Gasteiger partial charge in [0.05, 0.1) is 13.2 Å². The van der Waals surface area contributed by atoms with Gasteiger partial charge in [-0.2, -0.15) is 13.2 Å². The average Bonchev–Trinajstić information content (AvgIpc) is 2.84. The largest absolute Gasteiger partial charge is 0.406 e. The predicted octanol–water partition coefficient (Wildman–Crippen LogP) is 0.646. The van der Waals surface area contributed by atoms with Crippen molar-refractivity contribution in [1.82, 2.24) is 5.32 Å². The Balaban J connectivity index is 2.12. The maximum Gasteiger partial charge on any atom is 0.406 e. The molecule has 0 amide bonds. The third-order valence-electron chi connectivity index (χ3n) is 2.26. The van der Waals surface area contributed by atoms with Crippen molar-refractivity contribution in [2.45, 2.75) is 24.6 Å². The fraction of sp³-hybridized carbons (Fsp3) is 1.00.